The lowest BCUT2D eigenvalue weighted by Gasteiger charge is -2.39. The first-order chi connectivity index (χ1) is 8.12. The molecule has 100 valence electrons. The molecule has 0 spiro atoms. The summed E-state index contributed by atoms with van der Waals surface area (Å²) in [6, 6.07) is 0.794. The molecule has 0 amide bonds. The second kappa shape index (κ2) is 5.71. The van der Waals surface area contributed by atoms with Gasteiger partial charge in [0.2, 0.25) is 0 Å². The SMILES string of the molecule is CC1(C)CCCN(C2CCCCC2CN)CC1. The molecular formula is C15H30N2. The second-order valence-electron chi connectivity index (χ2n) is 6.90. The molecule has 0 aromatic rings. The first kappa shape index (κ1) is 13.4. The summed E-state index contributed by atoms with van der Waals surface area (Å²) in [5.41, 5.74) is 6.52. The van der Waals surface area contributed by atoms with E-state index < -0.39 is 0 Å². The van der Waals surface area contributed by atoms with Crippen LogP contribution >= 0.6 is 0 Å². The van der Waals surface area contributed by atoms with Crippen LogP contribution in [0.15, 0.2) is 0 Å². The third kappa shape index (κ3) is 3.45. The van der Waals surface area contributed by atoms with E-state index in [0.29, 0.717) is 5.41 Å². The summed E-state index contributed by atoms with van der Waals surface area (Å²) < 4.78 is 0. The van der Waals surface area contributed by atoms with Crippen LogP contribution in [0.1, 0.15) is 58.8 Å². The van der Waals surface area contributed by atoms with Crippen molar-refractivity contribution in [1.82, 2.24) is 4.90 Å². The van der Waals surface area contributed by atoms with Crippen molar-refractivity contribution in [3.63, 3.8) is 0 Å². The van der Waals surface area contributed by atoms with Crippen molar-refractivity contribution in [2.24, 2.45) is 17.1 Å². The van der Waals surface area contributed by atoms with Gasteiger partial charge in [-0.1, -0.05) is 26.7 Å². The molecule has 2 rings (SSSR count). The van der Waals surface area contributed by atoms with Crippen molar-refractivity contribution in [3.05, 3.63) is 0 Å². The van der Waals surface area contributed by atoms with E-state index in [9.17, 15) is 0 Å². The Morgan fingerprint density at radius 2 is 1.82 bits per heavy atom. The predicted octanol–water partition coefficient (Wildman–Crippen LogP) is 3.02. The van der Waals surface area contributed by atoms with Gasteiger partial charge in [-0.05, 0) is 63.1 Å². The van der Waals surface area contributed by atoms with Crippen LogP contribution in [0.5, 0.6) is 0 Å². The van der Waals surface area contributed by atoms with Gasteiger partial charge < -0.3 is 10.6 Å². The number of likely N-dealkylation sites (tertiary alicyclic amines) is 1. The second-order valence-corrected chi connectivity index (χ2v) is 6.90. The molecule has 17 heavy (non-hydrogen) atoms. The Kier molecular flexibility index (Phi) is 4.48. The van der Waals surface area contributed by atoms with Crippen LogP contribution in [-0.4, -0.2) is 30.6 Å². The summed E-state index contributed by atoms with van der Waals surface area (Å²) in [5.74, 6) is 0.768. The van der Waals surface area contributed by atoms with E-state index in [4.69, 9.17) is 5.73 Å². The number of nitrogens with zero attached hydrogens (tertiary/aromatic N) is 1. The molecule has 0 aromatic heterocycles. The normalized spacial score (nSPS) is 35.5. The summed E-state index contributed by atoms with van der Waals surface area (Å²) in [4.78, 5) is 2.77. The molecule has 2 unspecified atom stereocenters. The monoisotopic (exact) mass is 238 g/mol. The van der Waals surface area contributed by atoms with E-state index in [0.717, 1.165) is 18.5 Å². The molecule has 2 heteroatoms. The molecule has 2 fully saturated rings. The maximum absolute atomic E-state index is 5.97. The fourth-order valence-corrected chi connectivity index (χ4v) is 3.72. The van der Waals surface area contributed by atoms with E-state index >= 15 is 0 Å². The minimum atomic E-state index is 0.557. The molecule has 2 aliphatic rings. The molecule has 0 aromatic carbocycles. The van der Waals surface area contributed by atoms with E-state index in [1.807, 2.05) is 0 Å². The zero-order valence-corrected chi connectivity index (χ0v) is 11.8. The van der Waals surface area contributed by atoms with Crippen LogP contribution < -0.4 is 5.73 Å². The van der Waals surface area contributed by atoms with Crippen LogP contribution in [0.2, 0.25) is 0 Å². The number of nitrogens with two attached hydrogens (primary N) is 1. The smallest absolute Gasteiger partial charge is 0.0136 e. The van der Waals surface area contributed by atoms with Gasteiger partial charge >= 0.3 is 0 Å². The fourth-order valence-electron chi connectivity index (χ4n) is 3.72. The maximum Gasteiger partial charge on any atom is 0.0136 e. The molecule has 1 heterocycles. The van der Waals surface area contributed by atoms with Gasteiger partial charge in [-0.25, -0.2) is 0 Å². The van der Waals surface area contributed by atoms with Crippen molar-refractivity contribution >= 4 is 0 Å². The van der Waals surface area contributed by atoms with Gasteiger partial charge in [0.15, 0.2) is 0 Å². The minimum Gasteiger partial charge on any atom is -0.330 e. The molecule has 0 bridgehead atoms. The van der Waals surface area contributed by atoms with E-state index in [1.54, 1.807) is 0 Å². The van der Waals surface area contributed by atoms with Crippen LogP contribution in [0.4, 0.5) is 0 Å². The quantitative estimate of drug-likeness (QED) is 0.801. The maximum atomic E-state index is 5.97. The van der Waals surface area contributed by atoms with Crippen molar-refractivity contribution < 1.29 is 0 Å². The standard InChI is InChI=1S/C15H30N2/c1-15(2)8-5-10-17(11-9-15)14-7-4-3-6-13(14)12-16/h13-14H,3-12,16H2,1-2H3. The Labute approximate surface area is 107 Å². The molecule has 1 aliphatic carbocycles. The summed E-state index contributed by atoms with van der Waals surface area (Å²) in [5, 5.41) is 0. The predicted molar refractivity (Wildman–Crippen MR) is 74.0 cm³/mol. The minimum absolute atomic E-state index is 0.557. The third-order valence-electron chi connectivity index (χ3n) is 5.02. The lowest BCUT2D eigenvalue weighted by molar-refractivity contribution is 0.107. The molecule has 1 saturated heterocycles. The summed E-state index contributed by atoms with van der Waals surface area (Å²) in [7, 11) is 0. The van der Waals surface area contributed by atoms with E-state index in [1.165, 1.54) is 58.0 Å². The van der Waals surface area contributed by atoms with Crippen molar-refractivity contribution in [3.8, 4) is 0 Å². The van der Waals surface area contributed by atoms with Gasteiger partial charge in [-0.15, -0.1) is 0 Å². The Bertz CT molecular complexity index is 237. The molecule has 0 radical (unpaired) electrons. The fraction of sp³-hybridized carbons (Fsp3) is 1.00. The average molecular weight is 238 g/mol. The van der Waals surface area contributed by atoms with Crippen LogP contribution in [0, 0.1) is 11.3 Å². The van der Waals surface area contributed by atoms with Gasteiger partial charge in [0.05, 0.1) is 0 Å². The highest BCUT2D eigenvalue weighted by Gasteiger charge is 2.32. The number of hydrogen-bond acceptors (Lipinski definition) is 2. The number of hydrogen-bond donors (Lipinski definition) is 1. The third-order valence-corrected chi connectivity index (χ3v) is 5.02. The van der Waals surface area contributed by atoms with Gasteiger partial charge in [0.1, 0.15) is 0 Å². The molecule has 1 saturated carbocycles. The summed E-state index contributed by atoms with van der Waals surface area (Å²) in [6.45, 7) is 8.36. The van der Waals surface area contributed by atoms with Crippen molar-refractivity contribution in [2.45, 2.75) is 64.8 Å². The molecule has 2 N–H and O–H groups in total. The Hall–Kier alpha value is -0.0800. The highest BCUT2D eigenvalue weighted by molar-refractivity contribution is 4.87. The Morgan fingerprint density at radius 3 is 2.59 bits per heavy atom. The lowest BCUT2D eigenvalue weighted by atomic mass is 9.83. The largest absolute Gasteiger partial charge is 0.330 e. The molecular weight excluding hydrogens is 208 g/mol. The summed E-state index contributed by atoms with van der Waals surface area (Å²) >= 11 is 0. The van der Waals surface area contributed by atoms with E-state index in [-0.39, 0.29) is 0 Å². The topological polar surface area (TPSA) is 29.3 Å². The van der Waals surface area contributed by atoms with E-state index in [2.05, 4.69) is 18.7 Å². The van der Waals surface area contributed by atoms with Crippen molar-refractivity contribution in [2.75, 3.05) is 19.6 Å². The number of rotatable bonds is 2. The van der Waals surface area contributed by atoms with Gasteiger partial charge in [-0.3, -0.25) is 0 Å². The van der Waals surface area contributed by atoms with Gasteiger partial charge in [0, 0.05) is 6.04 Å². The first-order valence-electron chi connectivity index (χ1n) is 7.56. The zero-order valence-electron chi connectivity index (χ0n) is 11.8. The van der Waals surface area contributed by atoms with Crippen LogP contribution in [0.3, 0.4) is 0 Å². The average Bonchev–Trinajstić information content (AvgIpc) is 2.50. The lowest BCUT2D eigenvalue weighted by Crippen LogP contribution is -2.45. The Balaban J connectivity index is 1.96. The molecule has 2 atom stereocenters. The van der Waals surface area contributed by atoms with Crippen LogP contribution in [0.25, 0.3) is 0 Å². The zero-order chi connectivity index (χ0) is 12.3. The van der Waals surface area contributed by atoms with Gasteiger partial charge in [0.25, 0.3) is 0 Å². The molecule has 2 nitrogen and oxygen atoms in total. The highest BCUT2D eigenvalue weighted by atomic mass is 15.2. The van der Waals surface area contributed by atoms with Crippen LogP contribution in [-0.2, 0) is 0 Å². The van der Waals surface area contributed by atoms with Crippen molar-refractivity contribution in [1.29, 1.82) is 0 Å². The molecule has 1 aliphatic heterocycles. The summed E-state index contributed by atoms with van der Waals surface area (Å²) in [6.07, 6.45) is 9.70. The Morgan fingerprint density at radius 1 is 1.06 bits per heavy atom. The van der Waals surface area contributed by atoms with Gasteiger partial charge in [-0.2, -0.15) is 0 Å². The first-order valence-corrected chi connectivity index (χ1v) is 7.56. The highest BCUT2D eigenvalue weighted by Crippen LogP contribution is 2.34.